The molecule has 2 aromatic carbocycles. The van der Waals surface area contributed by atoms with E-state index in [0.717, 1.165) is 28.9 Å². The van der Waals surface area contributed by atoms with E-state index in [1.165, 1.54) is 0 Å². The first kappa shape index (κ1) is 22.6. The van der Waals surface area contributed by atoms with E-state index in [1.54, 1.807) is 25.2 Å². The molecular weight excluding hydrogens is 412 g/mol. The van der Waals surface area contributed by atoms with Gasteiger partial charge in [-0.25, -0.2) is 0 Å². The van der Waals surface area contributed by atoms with Gasteiger partial charge in [0.05, 0.1) is 11.7 Å². The van der Waals surface area contributed by atoms with Gasteiger partial charge in [-0.15, -0.1) is 0 Å². The summed E-state index contributed by atoms with van der Waals surface area (Å²) >= 11 is 6.57. The van der Waals surface area contributed by atoms with Crippen molar-refractivity contribution in [3.05, 3.63) is 63.8 Å². The number of anilines is 2. The third kappa shape index (κ3) is 4.81. The van der Waals surface area contributed by atoms with Gasteiger partial charge in [-0.2, -0.15) is 0 Å². The third-order valence-electron chi connectivity index (χ3n) is 5.41. The molecule has 2 aromatic rings. The van der Waals surface area contributed by atoms with Crippen LogP contribution >= 0.6 is 11.6 Å². The number of allylic oxidation sites excluding steroid dienone is 1. The lowest BCUT2D eigenvalue weighted by molar-refractivity contribution is -0.118. The predicted octanol–water partition coefficient (Wildman–Crippen LogP) is 5.92. The molecule has 0 unspecified atom stereocenters. The molecule has 6 heteroatoms. The van der Waals surface area contributed by atoms with E-state index in [4.69, 9.17) is 16.7 Å². The number of halogens is 1. The number of aliphatic hydroxyl groups excluding tert-OH is 1. The zero-order chi connectivity index (χ0) is 22.8. The van der Waals surface area contributed by atoms with Crippen molar-refractivity contribution in [3.63, 3.8) is 0 Å². The molecule has 5 nitrogen and oxygen atoms in total. The number of Topliss-reactive ketones (excluding diaryl/α,β-unsaturated/α-hetero) is 1. The monoisotopic (exact) mass is 438 g/mol. The zero-order valence-corrected chi connectivity index (χ0v) is 18.9. The van der Waals surface area contributed by atoms with Crippen molar-refractivity contribution in [1.82, 2.24) is 0 Å². The van der Waals surface area contributed by atoms with Crippen molar-refractivity contribution < 1.29 is 15.0 Å². The second kappa shape index (κ2) is 8.95. The Hall–Kier alpha value is -3.10. The molecule has 0 spiro atoms. The van der Waals surface area contributed by atoms with Gasteiger partial charge in [0.25, 0.3) is 0 Å². The van der Waals surface area contributed by atoms with Crippen LogP contribution in [0.25, 0.3) is 0 Å². The molecule has 0 saturated carbocycles. The predicted molar refractivity (Wildman–Crippen MR) is 125 cm³/mol. The topological polar surface area (TPSA) is 81.6 Å². The number of benzene rings is 2. The normalized spacial score (nSPS) is 18.6. The number of phenolic OH excluding ortho intramolecular Hbond substituents is 1. The van der Waals surface area contributed by atoms with Crippen LogP contribution in [0.4, 0.5) is 11.4 Å². The largest absolute Gasteiger partial charge is 0.506 e. The summed E-state index contributed by atoms with van der Waals surface area (Å²) < 4.78 is 0. The van der Waals surface area contributed by atoms with Crippen LogP contribution in [0, 0.1) is 24.4 Å². The number of phenols is 1. The molecular formula is C25H27ClN2O3. The molecule has 0 aromatic heterocycles. The lowest BCUT2D eigenvalue weighted by Gasteiger charge is -2.34. The van der Waals surface area contributed by atoms with E-state index in [2.05, 4.69) is 30.4 Å². The summed E-state index contributed by atoms with van der Waals surface area (Å²) in [6.07, 6.45) is 2.89. The molecule has 31 heavy (non-hydrogen) atoms. The van der Waals surface area contributed by atoms with Gasteiger partial charge >= 0.3 is 0 Å². The molecule has 4 N–H and O–H groups in total. The van der Waals surface area contributed by atoms with E-state index < -0.39 is 0 Å². The molecule has 0 amide bonds. The number of rotatable bonds is 1. The van der Waals surface area contributed by atoms with Gasteiger partial charge in [0.15, 0.2) is 5.78 Å². The second-order valence-electron chi connectivity index (χ2n) is 8.62. The van der Waals surface area contributed by atoms with Crippen LogP contribution in [0.1, 0.15) is 50.8 Å². The maximum atomic E-state index is 13.2. The Bertz CT molecular complexity index is 1100. The molecule has 1 aliphatic carbocycles. The fourth-order valence-corrected chi connectivity index (χ4v) is 4.40. The zero-order valence-electron chi connectivity index (χ0n) is 18.1. The Morgan fingerprint density at radius 2 is 1.90 bits per heavy atom. The fourth-order valence-electron chi connectivity index (χ4n) is 4.05. The van der Waals surface area contributed by atoms with Crippen LogP contribution in [0.2, 0.25) is 5.02 Å². The first-order chi connectivity index (χ1) is 14.7. The highest BCUT2D eigenvalue weighted by Gasteiger charge is 2.39. The number of nitrogens with one attached hydrogen (secondary N) is 2. The average Bonchev–Trinajstić information content (AvgIpc) is 2.85. The Balaban J connectivity index is 0.000000628. The van der Waals surface area contributed by atoms with E-state index in [0.29, 0.717) is 22.7 Å². The minimum absolute atomic E-state index is 0.107. The quantitative estimate of drug-likeness (QED) is 0.328. The molecule has 4 rings (SSSR count). The summed E-state index contributed by atoms with van der Waals surface area (Å²) in [7, 11) is 0. The lowest BCUT2D eigenvalue weighted by atomic mass is 9.73. The van der Waals surface area contributed by atoms with Crippen molar-refractivity contribution in [2.75, 3.05) is 10.6 Å². The van der Waals surface area contributed by atoms with E-state index in [1.807, 2.05) is 31.2 Å². The fraction of sp³-hybridized carbons (Fsp3) is 0.320. The number of hydrogen-bond acceptors (Lipinski definition) is 5. The average molecular weight is 439 g/mol. The first-order valence-corrected chi connectivity index (χ1v) is 10.5. The van der Waals surface area contributed by atoms with Crippen LogP contribution in [0.5, 0.6) is 5.75 Å². The Kier molecular flexibility index (Phi) is 6.52. The highest BCUT2D eigenvalue weighted by molar-refractivity contribution is 6.31. The van der Waals surface area contributed by atoms with Gasteiger partial charge in [-0.1, -0.05) is 49.6 Å². The minimum atomic E-state index is -0.368. The standard InChI is InChI=1S/C22H23ClN2O2.C3H4O/c1-12-7-8-13(14(23)9-12)20-19-16(10-22(2,3)11-18(19)27)25-21-15(24-20)5-4-6-17(21)26;1-2-3-4/h4-9,20,24-26H,10-11H2,1-3H3;4H,1H3/t20-;/m0./s1. The van der Waals surface area contributed by atoms with Gasteiger partial charge in [0, 0.05) is 29.6 Å². The SMILES string of the molecule is CC#CO.Cc1ccc([C@@H]2Nc3cccc(O)c3NC3=C2C(=O)CC(C)(C)C3)c(Cl)c1. The Morgan fingerprint density at radius 1 is 1.19 bits per heavy atom. The van der Waals surface area contributed by atoms with Crippen molar-refractivity contribution >= 4 is 28.8 Å². The number of aliphatic hydroxyl groups is 1. The van der Waals surface area contributed by atoms with Crippen LogP contribution in [-0.2, 0) is 4.79 Å². The minimum Gasteiger partial charge on any atom is -0.506 e. The van der Waals surface area contributed by atoms with Crippen LogP contribution in [-0.4, -0.2) is 16.0 Å². The molecule has 0 saturated heterocycles. The molecule has 1 heterocycles. The van der Waals surface area contributed by atoms with Crippen molar-refractivity contribution in [2.24, 2.45) is 5.41 Å². The maximum absolute atomic E-state index is 13.2. The van der Waals surface area contributed by atoms with Gasteiger partial charge in [0.1, 0.15) is 17.5 Å². The molecule has 0 bridgehead atoms. The van der Waals surface area contributed by atoms with Crippen LogP contribution in [0.3, 0.4) is 0 Å². The number of ketones is 1. The summed E-state index contributed by atoms with van der Waals surface area (Å²) in [4.78, 5) is 13.2. The van der Waals surface area contributed by atoms with E-state index in [9.17, 15) is 9.90 Å². The molecule has 1 atom stereocenters. The van der Waals surface area contributed by atoms with Gasteiger partial charge in [-0.3, -0.25) is 4.79 Å². The number of para-hydroxylation sites is 1. The summed E-state index contributed by atoms with van der Waals surface area (Å²) in [6.45, 7) is 7.74. The number of carbonyl (C=O) groups is 1. The number of aromatic hydroxyl groups is 1. The van der Waals surface area contributed by atoms with E-state index in [-0.39, 0.29) is 23.0 Å². The van der Waals surface area contributed by atoms with Crippen LogP contribution < -0.4 is 10.6 Å². The van der Waals surface area contributed by atoms with E-state index >= 15 is 0 Å². The highest BCUT2D eigenvalue weighted by Crippen LogP contribution is 2.48. The number of hydrogen-bond donors (Lipinski definition) is 4. The molecule has 1 aliphatic heterocycles. The molecule has 2 aliphatic rings. The van der Waals surface area contributed by atoms with Crippen molar-refractivity contribution in [1.29, 1.82) is 0 Å². The Labute approximate surface area is 188 Å². The maximum Gasteiger partial charge on any atom is 0.163 e. The summed E-state index contributed by atoms with van der Waals surface area (Å²) in [5.74, 6) is 2.49. The smallest absolute Gasteiger partial charge is 0.163 e. The molecule has 162 valence electrons. The number of carbonyl (C=O) groups excluding carboxylic acids is 1. The van der Waals surface area contributed by atoms with Gasteiger partial charge in [-0.05, 0) is 48.1 Å². The van der Waals surface area contributed by atoms with Crippen LogP contribution in [0.15, 0.2) is 47.7 Å². The second-order valence-corrected chi connectivity index (χ2v) is 9.03. The summed E-state index contributed by atoms with van der Waals surface area (Å²) in [6, 6.07) is 10.8. The van der Waals surface area contributed by atoms with Crippen molar-refractivity contribution in [2.45, 2.75) is 46.6 Å². The van der Waals surface area contributed by atoms with Gasteiger partial charge < -0.3 is 20.8 Å². The summed E-state index contributed by atoms with van der Waals surface area (Å²) in [5, 5.41) is 25.3. The first-order valence-electron chi connectivity index (χ1n) is 10.1. The van der Waals surface area contributed by atoms with Gasteiger partial charge in [0.2, 0.25) is 0 Å². The lowest BCUT2D eigenvalue weighted by Crippen LogP contribution is -2.31. The number of fused-ring (bicyclic) bond motifs is 1. The Morgan fingerprint density at radius 3 is 2.55 bits per heavy atom. The molecule has 0 fully saturated rings. The third-order valence-corrected chi connectivity index (χ3v) is 5.73. The highest BCUT2D eigenvalue weighted by atomic mass is 35.5. The molecule has 0 radical (unpaired) electrons. The number of aryl methyl sites for hydroxylation is 1. The van der Waals surface area contributed by atoms with Crippen molar-refractivity contribution in [3.8, 4) is 17.8 Å². The summed E-state index contributed by atoms with van der Waals surface area (Å²) in [5.41, 5.74) is 4.69.